The van der Waals surface area contributed by atoms with E-state index in [1.165, 1.54) is 18.2 Å². The highest BCUT2D eigenvalue weighted by atomic mass is 19.1. The molecule has 0 fully saturated rings. The molecule has 0 aliphatic rings. The SMILES string of the molecule is CC(C(=O)Nc1cc(F)ccc1N)c1ccccc1. The first-order valence-electron chi connectivity index (χ1n) is 5.99. The van der Waals surface area contributed by atoms with Crippen LogP contribution >= 0.6 is 0 Å². The van der Waals surface area contributed by atoms with Crippen LogP contribution in [0.4, 0.5) is 15.8 Å². The minimum Gasteiger partial charge on any atom is -0.397 e. The summed E-state index contributed by atoms with van der Waals surface area (Å²) >= 11 is 0. The van der Waals surface area contributed by atoms with Gasteiger partial charge in [-0.25, -0.2) is 4.39 Å². The summed E-state index contributed by atoms with van der Waals surface area (Å²) in [6.45, 7) is 1.79. The van der Waals surface area contributed by atoms with Crippen molar-refractivity contribution in [1.29, 1.82) is 0 Å². The van der Waals surface area contributed by atoms with Gasteiger partial charge in [-0.1, -0.05) is 30.3 Å². The molecule has 2 aromatic carbocycles. The quantitative estimate of drug-likeness (QED) is 0.831. The number of rotatable bonds is 3. The molecular formula is C15H15FN2O. The Bertz CT molecular complexity index is 584. The van der Waals surface area contributed by atoms with E-state index >= 15 is 0 Å². The largest absolute Gasteiger partial charge is 0.397 e. The third kappa shape index (κ3) is 3.10. The maximum atomic E-state index is 13.1. The number of nitrogen functional groups attached to an aromatic ring is 1. The van der Waals surface area contributed by atoms with E-state index in [0.717, 1.165) is 5.56 Å². The van der Waals surface area contributed by atoms with Crippen molar-refractivity contribution >= 4 is 17.3 Å². The average molecular weight is 258 g/mol. The summed E-state index contributed by atoms with van der Waals surface area (Å²) in [7, 11) is 0. The fourth-order valence-corrected chi connectivity index (χ4v) is 1.77. The predicted molar refractivity (Wildman–Crippen MR) is 74.3 cm³/mol. The van der Waals surface area contributed by atoms with Gasteiger partial charge >= 0.3 is 0 Å². The number of amides is 1. The third-order valence-corrected chi connectivity index (χ3v) is 2.97. The molecule has 1 amide bonds. The molecule has 0 saturated heterocycles. The molecule has 0 saturated carbocycles. The zero-order valence-electron chi connectivity index (χ0n) is 10.6. The van der Waals surface area contributed by atoms with Gasteiger partial charge in [-0.2, -0.15) is 0 Å². The van der Waals surface area contributed by atoms with Crippen molar-refractivity contribution in [3.8, 4) is 0 Å². The Balaban J connectivity index is 2.15. The minimum atomic E-state index is -0.433. The summed E-state index contributed by atoms with van der Waals surface area (Å²) in [5, 5.41) is 2.65. The molecule has 1 unspecified atom stereocenters. The van der Waals surface area contributed by atoms with Gasteiger partial charge < -0.3 is 11.1 Å². The molecule has 98 valence electrons. The fraction of sp³-hybridized carbons (Fsp3) is 0.133. The van der Waals surface area contributed by atoms with Gasteiger partial charge in [0.25, 0.3) is 0 Å². The number of benzene rings is 2. The molecule has 0 aromatic heterocycles. The minimum absolute atomic E-state index is 0.219. The number of hydrogen-bond acceptors (Lipinski definition) is 2. The van der Waals surface area contributed by atoms with Gasteiger partial charge in [0.2, 0.25) is 5.91 Å². The van der Waals surface area contributed by atoms with Crippen LogP contribution < -0.4 is 11.1 Å². The first-order chi connectivity index (χ1) is 9.08. The van der Waals surface area contributed by atoms with Gasteiger partial charge in [-0.3, -0.25) is 4.79 Å². The smallest absolute Gasteiger partial charge is 0.231 e. The van der Waals surface area contributed by atoms with Crippen LogP contribution in [0.1, 0.15) is 18.4 Å². The van der Waals surface area contributed by atoms with Crippen LogP contribution in [0.3, 0.4) is 0 Å². The highest BCUT2D eigenvalue weighted by molar-refractivity contribution is 5.97. The maximum absolute atomic E-state index is 13.1. The van der Waals surface area contributed by atoms with Crippen molar-refractivity contribution in [1.82, 2.24) is 0 Å². The number of hydrogen-bond donors (Lipinski definition) is 2. The third-order valence-electron chi connectivity index (χ3n) is 2.97. The van der Waals surface area contributed by atoms with Crippen molar-refractivity contribution in [2.75, 3.05) is 11.1 Å². The molecule has 0 aliphatic carbocycles. The standard InChI is InChI=1S/C15H15FN2O/c1-10(11-5-3-2-4-6-11)15(19)18-14-9-12(16)7-8-13(14)17/h2-10H,17H2,1H3,(H,18,19). The number of halogens is 1. The monoisotopic (exact) mass is 258 g/mol. The van der Waals surface area contributed by atoms with E-state index in [9.17, 15) is 9.18 Å². The van der Waals surface area contributed by atoms with E-state index in [1.54, 1.807) is 6.92 Å². The average Bonchev–Trinajstić information content (AvgIpc) is 2.43. The Hall–Kier alpha value is -2.36. The van der Waals surface area contributed by atoms with Gasteiger partial charge in [-0.15, -0.1) is 0 Å². The Kier molecular flexibility index (Phi) is 3.80. The van der Waals surface area contributed by atoms with Gasteiger partial charge in [0.1, 0.15) is 5.82 Å². The Morgan fingerprint density at radius 3 is 2.58 bits per heavy atom. The molecule has 4 heteroatoms. The predicted octanol–water partition coefficient (Wildman–Crippen LogP) is 3.15. The van der Waals surface area contributed by atoms with Crippen molar-refractivity contribution in [2.24, 2.45) is 0 Å². The van der Waals surface area contributed by atoms with Crippen LogP contribution in [0.25, 0.3) is 0 Å². The van der Waals surface area contributed by atoms with E-state index in [2.05, 4.69) is 5.32 Å². The number of anilines is 2. The highest BCUT2D eigenvalue weighted by Gasteiger charge is 2.16. The molecule has 0 heterocycles. The van der Waals surface area contributed by atoms with E-state index in [1.807, 2.05) is 30.3 Å². The lowest BCUT2D eigenvalue weighted by molar-refractivity contribution is -0.117. The second kappa shape index (κ2) is 5.52. The molecule has 19 heavy (non-hydrogen) atoms. The van der Waals surface area contributed by atoms with Crippen molar-refractivity contribution in [2.45, 2.75) is 12.8 Å². The molecule has 0 radical (unpaired) electrons. The summed E-state index contributed by atoms with van der Waals surface area (Å²) in [6, 6.07) is 13.3. The molecule has 2 aromatic rings. The molecule has 1 atom stereocenters. The number of nitrogens with two attached hydrogens (primary N) is 1. The Morgan fingerprint density at radius 2 is 1.89 bits per heavy atom. The van der Waals surface area contributed by atoms with Crippen LogP contribution in [0, 0.1) is 5.82 Å². The first-order valence-corrected chi connectivity index (χ1v) is 5.99. The lowest BCUT2D eigenvalue weighted by Crippen LogP contribution is -2.19. The second-order valence-electron chi connectivity index (χ2n) is 4.35. The van der Waals surface area contributed by atoms with Crippen molar-refractivity contribution < 1.29 is 9.18 Å². The summed E-state index contributed by atoms with van der Waals surface area (Å²) in [5.74, 6) is -0.982. The lowest BCUT2D eigenvalue weighted by atomic mass is 10.0. The molecular weight excluding hydrogens is 243 g/mol. The van der Waals surface area contributed by atoms with Crippen LogP contribution in [-0.2, 0) is 4.79 Å². The van der Waals surface area contributed by atoms with E-state index in [4.69, 9.17) is 5.73 Å². The maximum Gasteiger partial charge on any atom is 0.231 e. The van der Waals surface area contributed by atoms with Gasteiger partial charge in [0.15, 0.2) is 0 Å². The summed E-state index contributed by atoms with van der Waals surface area (Å²) in [5.41, 5.74) is 7.23. The lowest BCUT2D eigenvalue weighted by Gasteiger charge is -2.13. The number of carbonyl (C=O) groups excluding carboxylic acids is 1. The molecule has 3 N–H and O–H groups in total. The van der Waals surface area contributed by atoms with E-state index in [-0.39, 0.29) is 11.8 Å². The van der Waals surface area contributed by atoms with E-state index < -0.39 is 5.82 Å². The summed E-state index contributed by atoms with van der Waals surface area (Å²) < 4.78 is 13.1. The Morgan fingerprint density at radius 1 is 1.21 bits per heavy atom. The summed E-state index contributed by atoms with van der Waals surface area (Å²) in [6.07, 6.45) is 0. The van der Waals surface area contributed by atoms with Crippen molar-refractivity contribution in [3.63, 3.8) is 0 Å². The fourth-order valence-electron chi connectivity index (χ4n) is 1.77. The second-order valence-corrected chi connectivity index (χ2v) is 4.35. The molecule has 0 aliphatic heterocycles. The Labute approximate surface area is 111 Å². The van der Waals surface area contributed by atoms with Crippen LogP contribution in [0.15, 0.2) is 48.5 Å². The van der Waals surface area contributed by atoms with Gasteiger partial charge in [0.05, 0.1) is 17.3 Å². The van der Waals surface area contributed by atoms with Gasteiger partial charge in [0, 0.05) is 0 Å². The van der Waals surface area contributed by atoms with Crippen LogP contribution in [0.5, 0.6) is 0 Å². The zero-order chi connectivity index (χ0) is 13.8. The van der Waals surface area contributed by atoms with Crippen molar-refractivity contribution in [3.05, 3.63) is 59.9 Å². The van der Waals surface area contributed by atoms with Crippen LogP contribution in [-0.4, -0.2) is 5.91 Å². The zero-order valence-corrected chi connectivity index (χ0v) is 10.6. The molecule has 0 bridgehead atoms. The number of carbonyl (C=O) groups is 1. The van der Waals surface area contributed by atoms with Gasteiger partial charge in [-0.05, 0) is 30.7 Å². The normalized spacial score (nSPS) is 11.9. The number of nitrogens with one attached hydrogen (secondary N) is 1. The molecule has 3 nitrogen and oxygen atoms in total. The topological polar surface area (TPSA) is 55.1 Å². The molecule has 2 rings (SSSR count). The summed E-state index contributed by atoms with van der Waals surface area (Å²) in [4.78, 5) is 12.1. The van der Waals surface area contributed by atoms with Crippen LogP contribution in [0.2, 0.25) is 0 Å². The first kappa shape index (κ1) is 13.1. The molecule has 0 spiro atoms. The highest BCUT2D eigenvalue weighted by Crippen LogP contribution is 2.22. The van der Waals surface area contributed by atoms with E-state index in [0.29, 0.717) is 11.4 Å².